The predicted octanol–water partition coefficient (Wildman–Crippen LogP) is 2.06. The lowest BCUT2D eigenvalue weighted by Crippen LogP contribution is -2.42. The van der Waals surface area contributed by atoms with Crippen LogP contribution in [0.1, 0.15) is 39.5 Å². The third-order valence-electron chi connectivity index (χ3n) is 3.20. The van der Waals surface area contributed by atoms with Crippen molar-refractivity contribution in [2.24, 2.45) is 0 Å². The van der Waals surface area contributed by atoms with Gasteiger partial charge in [0, 0.05) is 12.1 Å². The van der Waals surface area contributed by atoms with Crippen LogP contribution in [-0.2, 0) is 0 Å². The summed E-state index contributed by atoms with van der Waals surface area (Å²) >= 11 is 0. The van der Waals surface area contributed by atoms with E-state index in [1.165, 1.54) is 6.42 Å². The van der Waals surface area contributed by atoms with Crippen LogP contribution in [0.4, 0.5) is 11.9 Å². The summed E-state index contributed by atoms with van der Waals surface area (Å²) in [4.78, 5) is 12.8. The molecule has 1 aromatic heterocycles. The van der Waals surface area contributed by atoms with Gasteiger partial charge in [-0.25, -0.2) is 0 Å². The highest BCUT2D eigenvalue weighted by Gasteiger charge is 2.32. The van der Waals surface area contributed by atoms with Crippen LogP contribution < -0.4 is 15.4 Å². The number of anilines is 2. The van der Waals surface area contributed by atoms with Crippen LogP contribution >= 0.6 is 0 Å². The molecule has 0 aliphatic heterocycles. The van der Waals surface area contributed by atoms with Crippen molar-refractivity contribution in [2.75, 3.05) is 24.3 Å². The number of aromatic nitrogens is 3. The smallest absolute Gasteiger partial charge is 0.322 e. The molecule has 0 amide bonds. The number of rotatable bonds is 6. The molecule has 6 nitrogen and oxygen atoms in total. The summed E-state index contributed by atoms with van der Waals surface area (Å²) < 4.78 is 5.10. The van der Waals surface area contributed by atoms with Crippen LogP contribution in [0, 0.1) is 0 Å². The number of nitrogens with zero attached hydrogens (tertiary/aromatic N) is 3. The fourth-order valence-corrected chi connectivity index (χ4v) is 1.92. The SMILES string of the molecule is CCCNc1nc(NC2(C)CCC2)nc(OC)n1. The molecule has 0 saturated heterocycles. The van der Waals surface area contributed by atoms with Crippen molar-refractivity contribution in [3.05, 3.63) is 0 Å². The van der Waals surface area contributed by atoms with Gasteiger partial charge in [0.25, 0.3) is 0 Å². The molecule has 0 radical (unpaired) electrons. The Labute approximate surface area is 108 Å². The zero-order valence-electron chi connectivity index (χ0n) is 11.3. The van der Waals surface area contributed by atoms with Gasteiger partial charge in [0.15, 0.2) is 0 Å². The molecule has 1 heterocycles. The molecule has 0 aromatic carbocycles. The van der Waals surface area contributed by atoms with E-state index in [1.807, 2.05) is 0 Å². The van der Waals surface area contributed by atoms with E-state index < -0.39 is 0 Å². The van der Waals surface area contributed by atoms with E-state index in [2.05, 4.69) is 39.4 Å². The van der Waals surface area contributed by atoms with Crippen LogP contribution in [0.25, 0.3) is 0 Å². The van der Waals surface area contributed by atoms with Gasteiger partial charge in [-0.3, -0.25) is 0 Å². The number of nitrogens with one attached hydrogen (secondary N) is 2. The van der Waals surface area contributed by atoms with Crippen molar-refractivity contribution >= 4 is 11.9 Å². The van der Waals surface area contributed by atoms with E-state index >= 15 is 0 Å². The van der Waals surface area contributed by atoms with E-state index in [0.717, 1.165) is 25.8 Å². The van der Waals surface area contributed by atoms with Crippen LogP contribution in [0.2, 0.25) is 0 Å². The normalized spacial score (nSPS) is 16.8. The van der Waals surface area contributed by atoms with Crippen LogP contribution in [-0.4, -0.2) is 34.1 Å². The number of ether oxygens (including phenoxy) is 1. The van der Waals surface area contributed by atoms with Crippen LogP contribution in [0.3, 0.4) is 0 Å². The second-order valence-electron chi connectivity index (χ2n) is 4.94. The molecule has 100 valence electrons. The number of hydrogen-bond acceptors (Lipinski definition) is 6. The molecular formula is C12H21N5O. The Bertz CT molecular complexity index is 405. The average Bonchev–Trinajstić information content (AvgIpc) is 2.34. The van der Waals surface area contributed by atoms with E-state index in [4.69, 9.17) is 4.74 Å². The lowest BCUT2D eigenvalue weighted by Gasteiger charge is -2.39. The first-order valence-electron chi connectivity index (χ1n) is 6.47. The third kappa shape index (κ3) is 3.00. The van der Waals surface area contributed by atoms with Gasteiger partial charge in [-0.05, 0) is 32.6 Å². The van der Waals surface area contributed by atoms with Gasteiger partial charge < -0.3 is 15.4 Å². The molecule has 1 aromatic rings. The molecule has 18 heavy (non-hydrogen) atoms. The third-order valence-corrected chi connectivity index (χ3v) is 3.20. The summed E-state index contributed by atoms with van der Waals surface area (Å²) in [5, 5.41) is 6.51. The topological polar surface area (TPSA) is 72.0 Å². The highest BCUT2D eigenvalue weighted by Crippen LogP contribution is 2.34. The van der Waals surface area contributed by atoms with E-state index in [-0.39, 0.29) is 5.54 Å². The summed E-state index contributed by atoms with van der Waals surface area (Å²) in [5.41, 5.74) is 0.119. The van der Waals surface area contributed by atoms with Gasteiger partial charge in [0.2, 0.25) is 11.9 Å². The summed E-state index contributed by atoms with van der Waals surface area (Å²) in [7, 11) is 1.56. The van der Waals surface area contributed by atoms with Gasteiger partial charge in [0.1, 0.15) is 0 Å². The van der Waals surface area contributed by atoms with Gasteiger partial charge >= 0.3 is 6.01 Å². The maximum absolute atomic E-state index is 5.10. The van der Waals surface area contributed by atoms with Crippen molar-refractivity contribution in [3.63, 3.8) is 0 Å². The maximum Gasteiger partial charge on any atom is 0.322 e. The zero-order valence-corrected chi connectivity index (χ0v) is 11.3. The molecule has 6 heteroatoms. The standard InChI is InChI=1S/C12H21N5O/c1-4-8-13-9-14-10(16-11(15-9)18-3)17-12(2)6-5-7-12/h4-8H2,1-3H3,(H2,13,14,15,16,17). The maximum atomic E-state index is 5.10. The van der Waals surface area contributed by atoms with Gasteiger partial charge in [0.05, 0.1) is 7.11 Å². The van der Waals surface area contributed by atoms with E-state index in [1.54, 1.807) is 7.11 Å². The minimum absolute atomic E-state index is 0.119. The quantitative estimate of drug-likeness (QED) is 0.806. The second-order valence-corrected chi connectivity index (χ2v) is 4.94. The van der Waals surface area contributed by atoms with Crippen LogP contribution in [0.5, 0.6) is 6.01 Å². The van der Waals surface area contributed by atoms with E-state index in [0.29, 0.717) is 17.9 Å². The Balaban J connectivity index is 2.12. The first-order chi connectivity index (χ1) is 8.65. The van der Waals surface area contributed by atoms with Crippen molar-refractivity contribution in [1.29, 1.82) is 0 Å². The molecule has 2 rings (SSSR count). The summed E-state index contributed by atoms with van der Waals surface area (Å²) in [6, 6.07) is 0.342. The average molecular weight is 251 g/mol. The molecule has 0 bridgehead atoms. The van der Waals surface area contributed by atoms with Gasteiger partial charge in [-0.2, -0.15) is 15.0 Å². The fraction of sp³-hybridized carbons (Fsp3) is 0.750. The highest BCUT2D eigenvalue weighted by atomic mass is 16.5. The van der Waals surface area contributed by atoms with Crippen molar-refractivity contribution in [3.8, 4) is 6.01 Å². The lowest BCUT2D eigenvalue weighted by atomic mass is 9.79. The minimum Gasteiger partial charge on any atom is -0.467 e. The molecular weight excluding hydrogens is 230 g/mol. The first-order valence-corrected chi connectivity index (χ1v) is 6.47. The molecule has 1 aliphatic rings. The van der Waals surface area contributed by atoms with Crippen molar-refractivity contribution in [1.82, 2.24) is 15.0 Å². The summed E-state index contributed by atoms with van der Waals surface area (Å²) in [5.74, 6) is 1.15. The summed E-state index contributed by atoms with van der Waals surface area (Å²) in [6.45, 7) is 5.12. The minimum atomic E-state index is 0.119. The Hall–Kier alpha value is -1.59. The molecule has 0 atom stereocenters. The predicted molar refractivity (Wildman–Crippen MR) is 71.0 cm³/mol. The molecule has 0 spiro atoms. The Kier molecular flexibility index (Phi) is 3.84. The summed E-state index contributed by atoms with van der Waals surface area (Å²) in [6.07, 6.45) is 4.58. The zero-order chi connectivity index (χ0) is 13.0. The molecule has 1 aliphatic carbocycles. The number of methoxy groups -OCH3 is 1. The number of hydrogen-bond donors (Lipinski definition) is 2. The monoisotopic (exact) mass is 251 g/mol. The first kappa shape index (κ1) is 12.9. The van der Waals surface area contributed by atoms with Crippen LogP contribution in [0.15, 0.2) is 0 Å². The van der Waals surface area contributed by atoms with Gasteiger partial charge in [-0.15, -0.1) is 0 Å². The molecule has 2 N–H and O–H groups in total. The van der Waals surface area contributed by atoms with Crippen molar-refractivity contribution in [2.45, 2.75) is 45.1 Å². The van der Waals surface area contributed by atoms with Crippen molar-refractivity contribution < 1.29 is 4.74 Å². The second kappa shape index (κ2) is 5.37. The molecule has 0 unspecified atom stereocenters. The molecule has 1 saturated carbocycles. The Morgan fingerprint density at radius 3 is 2.50 bits per heavy atom. The lowest BCUT2D eigenvalue weighted by molar-refractivity contribution is 0.303. The largest absolute Gasteiger partial charge is 0.467 e. The fourth-order valence-electron chi connectivity index (χ4n) is 1.92. The molecule has 1 fully saturated rings. The van der Waals surface area contributed by atoms with E-state index in [9.17, 15) is 0 Å². The highest BCUT2D eigenvalue weighted by molar-refractivity contribution is 5.38. The Morgan fingerprint density at radius 1 is 1.22 bits per heavy atom. The Morgan fingerprint density at radius 2 is 1.94 bits per heavy atom. The van der Waals surface area contributed by atoms with Gasteiger partial charge in [-0.1, -0.05) is 6.92 Å².